The molecule has 1 N–H and O–H groups in total. The van der Waals surface area contributed by atoms with Crippen LogP contribution in [0.5, 0.6) is 0 Å². The highest BCUT2D eigenvalue weighted by Gasteiger charge is 2.25. The molecular formula is C19H23N3O3S. The van der Waals surface area contributed by atoms with Gasteiger partial charge in [0.05, 0.1) is 13.2 Å². The Bertz CT molecular complexity index is 772. The van der Waals surface area contributed by atoms with Crippen LogP contribution in [0, 0.1) is 0 Å². The molecule has 1 amide bonds. The van der Waals surface area contributed by atoms with Gasteiger partial charge in [-0.2, -0.15) is 0 Å². The summed E-state index contributed by atoms with van der Waals surface area (Å²) in [4.78, 5) is 29.1. The number of hydrogen-bond acceptors (Lipinski definition) is 5. The molecule has 0 saturated heterocycles. The van der Waals surface area contributed by atoms with Gasteiger partial charge in [0.25, 0.3) is 0 Å². The smallest absolute Gasteiger partial charge is 0.358 e. The van der Waals surface area contributed by atoms with Crippen molar-refractivity contribution in [1.29, 1.82) is 0 Å². The predicted molar refractivity (Wildman–Crippen MR) is 104 cm³/mol. The summed E-state index contributed by atoms with van der Waals surface area (Å²) in [6.07, 6.45) is 4.39. The van der Waals surface area contributed by atoms with Gasteiger partial charge in [0.2, 0.25) is 5.91 Å². The lowest BCUT2D eigenvalue weighted by atomic mass is 10.2. The summed E-state index contributed by atoms with van der Waals surface area (Å²) >= 11 is 1.41. The van der Waals surface area contributed by atoms with E-state index in [4.69, 9.17) is 4.74 Å². The minimum atomic E-state index is -0.504. The van der Waals surface area contributed by atoms with E-state index in [9.17, 15) is 9.59 Å². The Morgan fingerprint density at radius 2 is 2.08 bits per heavy atom. The van der Waals surface area contributed by atoms with Gasteiger partial charge in [-0.1, -0.05) is 48.2 Å². The van der Waals surface area contributed by atoms with Gasteiger partial charge in [0, 0.05) is 6.42 Å². The maximum absolute atomic E-state index is 12.5. The highest BCUT2D eigenvalue weighted by Crippen LogP contribution is 2.26. The molecule has 0 aliphatic heterocycles. The highest BCUT2D eigenvalue weighted by atomic mass is 32.2. The van der Waals surface area contributed by atoms with Gasteiger partial charge in [0.1, 0.15) is 0 Å². The van der Waals surface area contributed by atoms with Crippen LogP contribution in [0.25, 0.3) is 0 Å². The van der Waals surface area contributed by atoms with Crippen molar-refractivity contribution in [3.63, 3.8) is 0 Å². The van der Waals surface area contributed by atoms with Gasteiger partial charge in [-0.05, 0) is 25.2 Å². The van der Waals surface area contributed by atoms with Crippen molar-refractivity contribution in [2.45, 2.75) is 31.5 Å². The number of carbonyl (C=O) groups excluding carboxylic acids is 2. The Kier molecular flexibility index (Phi) is 7.47. The van der Waals surface area contributed by atoms with Crippen LogP contribution in [-0.2, 0) is 16.1 Å². The average Bonchev–Trinajstić information content (AvgIpc) is 2.98. The number of esters is 1. The largest absolute Gasteiger partial charge is 0.461 e. The van der Waals surface area contributed by atoms with E-state index in [0.29, 0.717) is 18.1 Å². The van der Waals surface area contributed by atoms with Crippen LogP contribution in [0.15, 0.2) is 48.1 Å². The molecule has 0 aliphatic carbocycles. The Morgan fingerprint density at radius 1 is 1.35 bits per heavy atom. The number of imidazole rings is 1. The van der Waals surface area contributed by atoms with Crippen molar-refractivity contribution in [3.05, 3.63) is 54.2 Å². The molecule has 6 nitrogen and oxygen atoms in total. The lowest BCUT2D eigenvalue weighted by Crippen LogP contribution is -2.18. The molecule has 0 aliphatic rings. The number of nitrogens with one attached hydrogen (secondary N) is 1. The van der Waals surface area contributed by atoms with E-state index in [0.717, 1.165) is 5.56 Å². The highest BCUT2D eigenvalue weighted by molar-refractivity contribution is 7.98. The summed E-state index contributed by atoms with van der Waals surface area (Å²) in [5, 5.41) is 3.37. The molecular weight excluding hydrogens is 350 g/mol. The summed E-state index contributed by atoms with van der Waals surface area (Å²) < 4.78 is 6.97. The van der Waals surface area contributed by atoms with E-state index in [-0.39, 0.29) is 30.4 Å². The second kappa shape index (κ2) is 9.82. The first-order chi connectivity index (χ1) is 12.6. The summed E-state index contributed by atoms with van der Waals surface area (Å²) in [6.45, 7) is 6.06. The zero-order chi connectivity index (χ0) is 18.9. The molecule has 0 fully saturated rings. The Hall–Kier alpha value is -2.54. The molecule has 0 saturated carbocycles. The van der Waals surface area contributed by atoms with Crippen LogP contribution in [0.4, 0.5) is 5.82 Å². The molecule has 1 heterocycles. The lowest BCUT2D eigenvalue weighted by Gasteiger charge is -2.11. The fraction of sp³-hybridized carbons (Fsp3) is 0.316. The van der Waals surface area contributed by atoms with E-state index in [2.05, 4.69) is 16.9 Å². The van der Waals surface area contributed by atoms with Gasteiger partial charge >= 0.3 is 5.97 Å². The molecule has 2 rings (SSSR count). The number of amides is 1. The van der Waals surface area contributed by atoms with Gasteiger partial charge in [-0.15, -0.1) is 6.58 Å². The monoisotopic (exact) mass is 373 g/mol. The Balaban J connectivity index is 2.41. The van der Waals surface area contributed by atoms with Crippen molar-refractivity contribution < 1.29 is 14.3 Å². The molecule has 0 unspecified atom stereocenters. The maximum atomic E-state index is 12.5. The van der Waals surface area contributed by atoms with Crippen LogP contribution >= 0.6 is 11.8 Å². The molecule has 138 valence electrons. The number of ether oxygens (including phenoxy) is 1. The van der Waals surface area contributed by atoms with E-state index >= 15 is 0 Å². The van der Waals surface area contributed by atoms with Crippen LogP contribution in [-0.4, -0.2) is 34.3 Å². The Morgan fingerprint density at radius 3 is 2.69 bits per heavy atom. The molecule has 2 aromatic rings. The number of thioether (sulfide) groups is 1. The summed E-state index contributed by atoms with van der Waals surface area (Å²) in [6, 6.07) is 9.76. The van der Waals surface area contributed by atoms with Crippen LogP contribution < -0.4 is 5.32 Å². The third kappa shape index (κ3) is 4.98. The average molecular weight is 373 g/mol. The van der Waals surface area contributed by atoms with Gasteiger partial charge in [0.15, 0.2) is 16.7 Å². The van der Waals surface area contributed by atoms with E-state index in [1.165, 1.54) is 11.8 Å². The summed E-state index contributed by atoms with van der Waals surface area (Å²) in [5.74, 6) is -0.486. The first kappa shape index (κ1) is 19.8. The summed E-state index contributed by atoms with van der Waals surface area (Å²) in [5.41, 5.74) is 1.28. The number of hydrogen-bond donors (Lipinski definition) is 1. The normalized spacial score (nSPS) is 10.4. The number of allylic oxidation sites excluding steroid dienone is 1. The molecule has 26 heavy (non-hydrogen) atoms. The maximum Gasteiger partial charge on any atom is 0.358 e. The molecule has 0 spiro atoms. The van der Waals surface area contributed by atoms with E-state index < -0.39 is 5.97 Å². The number of rotatable bonds is 9. The lowest BCUT2D eigenvalue weighted by molar-refractivity contribution is -0.116. The van der Waals surface area contributed by atoms with E-state index in [1.807, 2.05) is 36.6 Å². The van der Waals surface area contributed by atoms with Gasteiger partial charge in [-0.25, -0.2) is 9.78 Å². The summed E-state index contributed by atoms with van der Waals surface area (Å²) in [7, 11) is 0. The molecule has 0 radical (unpaired) electrons. The van der Waals surface area contributed by atoms with Crippen molar-refractivity contribution in [3.8, 4) is 0 Å². The number of carbonyl (C=O) groups is 2. The zero-order valence-electron chi connectivity index (χ0n) is 15.0. The van der Waals surface area contributed by atoms with Gasteiger partial charge < -0.3 is 14.6 Å². The fourth-order valence-electron chi connectivity index (χ4n) is 2.42. The SMILES string of the molecule is C=CCCC(=O)Nc1nc(SC)n(Cc2ccccc2)c1C(=O)OCC. The van der Waals surface area contributed by atoms with Crippen LogP contribution in [0.3, 0.4) is 0 Å². The fourth-order valence-corrected chi connectivity index (χ4v) is 2.98. The second-order valence-corrected chi connectivity index (χ2v) is 6.24. The quantitative estimate of drug-likeness (QED) is 0.412. The molecule has 1 aromatic carbocycles. The predicted octanol–water partition coefficient (Wildman–Crippen LogP) is 3.73. The standard InChI is InChI=1S/C19H23N3O3S/c1-4-6-12-15(23)20-17-16(18(24)25-5-2)22(19(21-17)26-3)13-14-10-8-7-9-11-14/h4,7-11H,1,5-6,12-13H2,2-3H3,(H,20,23). The van der Waals surface area contributed by atoms with Crippen molar-refractivity contribution in [2.24, 2.45) is 0 Å². The minimum Gasteiger partial charge on any atom is -0.461 e. The number of aromatic nitrogens is 2. The first-order valence-corrected chi connectivity index (χ1v) is 9.59. The zero-order valence-corrected chi connectivity index (χ0v) is 15.8. The number of anilines is 1. The topological polar surface area (TPSA) is 73.2 Å². The third-order valence-electron chi connectivity index (χ3n) is 3.60. The molecule has 7 heteroatoms. The van der Waals surface area contributed by atoms with Crippen LogP contribution in [0.1, 0.15) is 35.8 Å². The molecule has 0 atom stereocenters. The minimum absolute atomic E-state index is 0.215. The second-order valence-electron chi connectivity index (χ2n) is 5.46. The van der Waals surface area contributed by atoms with E-state index in [1.54, 1.807) is 17.6 Å². The van der Waals surface area contributed by atoms with Gasteiger partial charge in [-0.3, -0.25) is 4.79 Å². The van der Waals surface area contributed by atoms with Crippen molar-refractivity contribution in [2.75, 3.05) is 18.2 Å². The Labute approximate surface area is 157 Å². The number of nitrogens with zero attached hydrogens (tertiary/aromatic N) is 2. The number of benzene rings is 1. The van der Waals surface area contributed by atoms with Crippen molar-refractivity contribution in [1.82, 2.24) is 9.55 Å². The van der Waals surface area contributed by atoms with Crippen molar-refractivity contribution >= 4 is 29.5 Å². The first-order valence-electron chi connectivity index (χ1n) is 8.37. The molecule has 1 aromatic heterocycles. The molecule has 0 bridgehead atoms. The third-order valence-corrected chi connectivity index (χ3v) is 4.28. The van der Waals surface area contributed by atoms with Crippen LogP contribution in [0.2, 0.25) is 0 Å².